The van der Waals surface area contributed by atoms with E-state index < -0.39 is 45.4 Å². The zero-order valence-corrected chi connectivity index (χ0v) is 25.6. The summed E-state index contributed by atoms with van der Waals surface area (Å²) in [7, 11) is -0.730. The lowest BCUT2D eigenvalue weighted by molar-refractivity contribution is -0.0910. The van der Waals surface area contributed by atoms with Crippen LogP contribution < -0.4 is 20.7 Å². The molecule has 0 radical (unpaired) electrons. The molecule has 11 nitrogen and oxygen atoms in total. The van der Waals surface area contributed by atoms with E-state index in [1.54, 1.807) is 21.1 Å². The summed E-state index contributed by atoms with van der Waals surface area (Å²) >= 11 is 0. The second-order valence-corrected chi connectivity index (χ2v) is 12.1. The summed E-state index contributed by atoms with van der Waals surface area (Å²) < 4.78 is 55.2. The number of hydrogen-bond donors (Lipinski definition) is 1. The van der Waals surface area contributed by atoms with Gasteiger partial charge in [-0.05, 0) is 47.9 Å². The van der Waals surface area contributed by atoms with Crippen molar-refractivity contribution in [3.63, 3.8) is 0 Å². The van der Waals surface area contributed by atoms with Crippen molar-refractivity contribution in [1.82, 2.24) is 9.55 Å². The van der Waals surface area contributed by atoms with Gasteiger partial charge in [0.05, 0.1) is 27.1 Å². The second-order valence-electron chi connectivity index (χ2n) is 10.5. The molecule has 0 aliphatic carbocycles. The molecule has 0 amide bonds. The van der Waals surface area contributed by atoms with Gasteiger partial charge in [0.1, 0.15) is 35.5 Å². The van der Waals surface area contributed by atoms with Gasteiger partial charge < -0.3 is 18.9 Å². The number of methoxy groups -OCH3 is 2. The number of nitrogens with zero attached hydrogens (tertiary/aromatic N) is 1. The van der Waals surface area contributed by atoms with E-state index in [1.807, 2.05) is 78.9 Å². The van der Waals surface area contributed by atoms with Crippen molar-refractivity contribution < 1.29 is 31.5 Å². The summed E-state index contributed by atoms with van der Waals surface area (Å²) in [5.74, 6) is 1.33. The Kier molecular flexibility index (Phi) is 9.07. The number of aromatic nitrogens is 2. The van der Waals surface area contributed by atoms with Gasteiger partial charge in [0.2, 0.25) is 0 Å². The third-order valence-electron chi connectivity index (χ3n) is 7.57. The normalized spacial score (nSPS) is 18.7. The molecule has 1 fully saturated rings. The topological polar surface area (TPSA) is 135 Å². The lowest BCUT2D eigenvalue weighted by Gasteiger charge is -2.37. The molecule has 1 saturated heterocycles. The van der Waals surface area contributed by atoms with Gasteiger partial charge in [0.25, 0.3) is 15.7 Å². The Morgan fingerprint density at radius 3 is 1.95 bits per heavy atom. The maximum atomic E-state index is 12.7. The van der Waals surface area contributed by atoms with Crippen molar-refractivity contribution in [2.75, 3.05) is 27.1 Å². The van der Waals surface area contributed by atoms with Crippen LogP contribution in [0.1, 0.15) is 34.9 Å². The van der Waals surface area contributed by atoms with Crippen LogP contribution in [0.15, 0.2) is 94.6 Å². The molecule has 0 spiro atoms. The summed E-state index contributed by atoms with van der Waals surface area (Å²) in [6, 6.07) is 24.6. The Morgan fingerprint density at radius 2 is 1.43 bits per heavy atom. The summed E-state index contributed by atoms with van der Waals surface area (Å²) in [4.78, 5) is 26.9. The number of aryl methyl sites for hydroxylation is 1. The molecule has 3 atom stereocenters. The van der Waals surface area contributed by atoms with Crippen LogP contribution in [0.3, 0.4) is 0 Å². The van der Waals surface area contributed by atoms with Crippen LogP contribution in [0, 0.1) is 6.92 Å². The minimum Gasteiger partial charge on any atom is -0.497 e. The summed E-state index contributed by atoms with van der Waals surface area (Å²) in [5, 5.41) is 0. The standard InChI is InChI=1S/C32H34N2O9S/c1-21-19-34(31(36)33-30(21)35)29-18-27(43-44(4,37)38)28(42-29)20-41-32(22-8-6-5-7-9-22,23-10-14-25(39-2)15-11-23)24-12-16-26(40-3)17-13-24/h5-17,19,27-29H,18,20H2,1-4H3,(H,33,35,36)/t27-,28-,29?/m1/s1. The molecular weight excluding hydrogens is 588 g/mol. The number of H-pyrrole nitrogens is 1. The van der Waals surface area contributed by atoms with E-state index in [9.17, 15) is 18.0 Å². The molecule has 44 heavy (non-hydrogen) atoms. The largest absolute Gasteiger partial charge is 0.497 e. The SMILES string of the molecule is COc1ccc(C(OC[C@H]2OC(n3cc(C)c(=O)[nH]c3=O)C[C@H]2OS(C)(=O)=O)(c2ccccc2)c2ccc(OC)cc2)cc1. The van der Waals surface area contributed by atoms with Gasteiger partial charge in [-0.15, -0.1) is 0 Å². The van der Waals surface area contributed by atoms with E-state index in [0.29, 0.717) is 17.1 Å². The van der Waals surface area contributed by atoms with Gasteiger partial charge in [-0.1, -0.05) is 54.6 Å². The van der Waals surface area contributed by atoms with Crippen molar-refractivity contribution in [2.24, 2.45) is 0 Å². The van der Waals surface area contributed by atoms with Gasteiger partial charge in [-0.2, -0.15) is 8.42 Å². The molecule has 2 heterocycles. The van der Waals surface area contributed by atoms with Crippen LogP contribution in [-0.2, 0) is 29.4 Å². The van der Waals surface area contributed by atoms with Gasteiger partial charge in [0.15, 0.2) is 0 Å². The van der Waals surface area contributed by atoms with Gasteiger partial charge >= 0.3 is 5.69 Å². The van der Waals surface area contributed by atoms with E-state index in [2.05, 4.69) is 4.98 Å². The Balaban J connectivity index is 1.59. The molecule has 1 aromatic heterocycles. The first-order chi connectivity index (χ1) is 21.0. The van der Waals surface area contributed by atoms with Crippen LogP contribution in [0.4, 0.5) is 0 Å². The highest BCUT2D eigenvalue weighted by atomic mass is 32.2. The van der Waals surface area contributed by atoms with Crippen molar-refractivity contribution in [3.05, 3.63) is 128 Å². The van der Waals surface area contributed by atoms with Gasteiger partial charge in [-0.25, -0.2) is 4.79 Å². The highest BCUT2D eigenvalue weighted by Gasteiger charge is 2.44. The molecule has 1 aliphatic heterocycles. The molecule has 1 aliphatic rings. The Labute approximate surface area is 255 Å². The quantitative estimate of drug-likeness (QED) is 0.197. The number of nitrogens with one attached hydrogen (secondary N) is 1. The maximum Gasteiger partial charge on any atom is 0.330 e. The van der Waals surface area contributed by atoms with Crippen LogP contribution >= 0.6 is 0 Å². The highest BCUT2D eigenvalue weighted by Crippen LogP contribution is 2.43. The zero-order valence-electron chi connectivity index (χ0n) is 24.8. The number of rotatable bonds is 11. The minimum absolute atomic E-state index is 0.0237. The first-order valence-corrected chi connectivity index (χ1v) is 15.7. The fourth-order valence-electron chi connectivity index (χ4n) is 5.43. The molecule has 4 aromatic rings. The molecule has 0 saturated carbocycles. The zero-order chi connectivity index (χ0) is 31.5. The smallest absolute Gasteiger partial charge is 0.330 e. The van der Waals surface area contributed by atoms with Crippen LogP contribution in [0.2, 0.25) is 0 Å². The average Bonchev–Trinajstić information content (AvgIpc) is 3.41. The van der Waals surface area contributed by atoms with E-state index in [1.165, 1.54) is 10.8 Å². The molecule has 1 unspecified atom stereocenters. The molecule has 5 rings (SSSR count). The highest BCUT2D eigenvalue weighted by molar-refractivity contribution is 7.86. The molecule has 232 valence electrons. The van der Waals surface area contributed by atoms with E-state index in [-0.39, 0.29) is 13.0 Å². The van der Waals surface area contributed by atoms with Crippen molar-refractivity contribution in [2.45, 2.75) is 37.4 Å². The molecule has 12 heteroatoms. The fourth-order valence-corrected chi connectivity index (χ4v) is 6.08. The third-order valence-corrected chi connectivity index (χ3v) is 8.17. The van der Waals surface area contributed by atoms with Crippen molar-refractivity contribution in [3.8, 4) is 11.5 Å². The van der Waals surface area contributed by atoms with E-state index in [0.717, 1.165) is 22.9 Å². The number of benzene rings is 3. The van der Waals surface area contributed by atoms with E-state index in [4.69, 9.17) is 23.1 Å². The monoisotopic (exact) mass is 622 g/mol. The second kappa shape index (κ2) is 12.8. The number of hydrogen-bond acceptors (Lipinski definition) is 9. The molecule has 1 N–H and O–H groups in total. The predicted octanol–water partition coefficient (Wildman–Crippen LogP) is 3.50. The van der Waals surface area contributed by atoms with Crippen molar-refractivity contribution in [1.29, 1.82) is 0 Å². The van der Waals surface area contributed by atoms with Crippen LogP contribution in [0.25, 0.3) is 0 Å². The van der Waals surface area contributed by atoms with Crippen LogP contribution in [-0.4, -0.2) is 57.3 Å². The Bertz CT molecular complexity index is 1750. The first kappa shape index (κ1) is 31.2. The van der Waals surface area contributed by atoms with Crippen molar-refractivity contribution >= 4 is 10.1 Å². The summed E-state index contributed by atoms with van der Waals surface area (Å²) in [6.07, 6.45) is -0.433. The first-order valence-electron chi connectivity index (χ1n) is 13.9. The lowest BCUT2D eigenvalue weighted by atomic mass is 9.80. The van der Waals surface area contributed by atoms with Gasteiger partial charge in [0, 0.05) is 18.2 Å². The lowest BCUT2D eigenvalue weighted by Crippen LogP contribution is -2.39. The summed E-state index contributed by atoms with van der Waals surface area (Å²) in [5.41, 5.74) is 0.269. The average molecular weight is 623 g/mol. The summed E-state index contributed by atoms with van der Waals surface area (Å²) in [6.45, 7) is 1.44. The van der Waals surface area contributed by atoms with E-state index >= 15 is 0 Å². The van der Waals surface area contributed by atoms with Crippen LogP contribution in [0.5, 0.6) is 11.5 Å². The Hall–Kier alpha value is -4.23. The number of ether oxygens (including phenoxy) is 4. The fraction of sp³-hybridized carbons (Fsp3) is 0.312. The minimum atomic E-state index is -3.91. The Morgan fingerprint density at radius 1 is 0.886 bits per heavy atom. The maximum absolute atomic E-state index is 12.7. The third kappa shape index (κ3) is 6.48. The molecule has 0 bridgehead atoms. The van der Waals surface area contributed by atoms with Gasteiger partial charge in [-0.3, -0.25) is 18.5 Å². The number of aromatic amines is 1. The predicted molar refractivity (Wildman–Crippen MR) is 163 cm³/mol. The molecular formula is C32H34N2O9S. The molecule has 3 aromatic carbocycles.